The minimum Gasteiger partial charge on any atom is -0.457 e. The third-order valence-corrected chi connectivity index (χ3v) is 4.01. The standard InChI is InChI=1S/C20H15ClN2O/c21-19-12-17(24-16-8-6-14(13-22)7-9-16)10-11-18(19)20(23)15-4-2-1-3-5-15/h1-12,20H,23H2. The predicted octanol–water partition coefficient (Wildman–Crippen LogP) is 5.05. The van der Waals surface area contributed by atoms with Gasteiger partial charge in [0.1, 0.15) is 11.5 Å². The summed E-state index contributed by atoms with van der Waals surface area (Å²) in [6.45, 7) is 0. The third-order valence-electron chi connectivity index (χ3n) is 3.68. The molecule has 3 aromatic carbocycles. The molecular weight excluding hydrogens is 320 g/mol. The van der Waals surface area contributed by atoms with Gasteiger partial charge in [0.2, 0.25) is 0 Å². The Kier molecular flexibility index (Phi) is 4.81. The van der Waals surface area contributed by atoms with Crippen LogP contribution in [0.1, 0.15) is 22.7 Å². The largest absolute Gasteiger partial charge is 0.457 e. The van der Waals surface area contributed by atoms with E-state index in [4.69, 9.17) is 27.3 Å². The normalized spacial score (nSPS) is 11.5. The van der Waals surface area contributed by atoms with Crippen molar-refractivity contribution in [3.63, 3.8) is 0 Å². The van der Waals surface area contributed by atoms with E-state index >= 15 is 0 Å². The summed E-state index contributed by atoms with van der Waals surface area (Å²) in [4.78, 5) is 0. The Balaban J connectivity index is 1.80. The molecule has 0 aliphatic carbocycles. The zero-order valence-corrected chi connectivity index (χ0v) is 13.6. The quantitative estimate of drug-likeness (QED) is 0.726. The van der Waals surface area contributed by atoms with E-state index in [2.05, 4.69) is 6.07 Å². The highest BCUT2D eigenvalue weighted by Crippen LogP contribution is 2.31. The van der Waals surface area contributed by atoms with Crippen LogP contribution in [-0.4, -0.2) is 0 Å². The van der Waals surface area contributed by atoms with Crippen LogP contribution < -0.4 is 10.5 Å². The van der Waals surface area contributed by atoms with Gasteiger partial charge in [0.25, 0.3) is 0 Å². The Bertz CT molecular complexity index is 870. The Labute approximate surface area is 145 Å². The fourth-order valence-electron chi connectivity index (χ4n) is 2.40. The Morgan fingerprint density at radius 2 is 1.58 bits per heavy atom. The molecule has 0 radical (unpaired) electrons. The summed E-state index contributed by atoms with van der Waals surface area (Å²) in [5, 5.41) is 9.36. The van der Waals surface area contributed by atoms with Gasteiger partial charge in [0, 0.05) is 5.02 Å². The van der Waals surface area contributed by atoms with Crippen LogP contribution in [0.2, 0.25) is 5.02 Å². The lowest BCUT2D eigenvalue weighted by Crippen LogP contribution is -2.12. The van der Waals surface area contributed by atoms with Crippen LogP contribution in [0.15, 0.2) is 72.8 Å². The predicted molar refractivity (Wildman–Crippen MR) is 95.2 cm³/mol. The van der Waals surface area contributed by atoms with Crippen molar-refractivity contribution in [1.29, 1.82) is 5.26 Å². The molecule has 24 heavy (non-hydrogen) atoms. The van der Waals surface area contributed by atoms with Crippen LogP contribution in [0, 0.1) is 11.3 Å². The van der Waals surface area contributed by atoms with Crippen molar-refractivity contribution in [2.45, 2.75) is 6.04 Å². The maximum atomic E-state index is 8.81. The monoisotopic (exact) mass is 334 g/mol. The zero-order chi connectivity index (χ0) is 16.9. The van der Waals surface area contributed by atoms with Gasteiger partial charge in [-0.05, 0) is 47.5 Å². The molecule has 0 saturated carbocycles. The number of nitriles is 1. The summed E-state index contributed by atoms with van der Waals surface area (Å²) in [5.41, 5.74) is 8.73. The fraction of sp³-hybridized carbons (Fsp3) is 0.0500. The molecule has 118 valence electrons. The Morgan fingerprint density at radius 1 is 0.917 bits per heavy atom. The van der Waals surface area contributed by atoms with Crippen molar-refractivity contribution in [2.24, 2.45) is 5.73 Å². The molecule has 4 heteroatoms. The molecule has 0 spiro atoms. The first-order chi connectivity index (χ1) is 11.7. The topological polar surface area (TPSA) is 59.0 Å². The number of hydrogen-bond acceptors (Lipinski definition) is 3. The van der Waals surface area contributed by atoms with E-state index in [9.17, 15) is 0 Å². The van der Waals surface area contributed by atoms with Gasteiger partial charge >= 0.3 is 0 Å². The zero-order valence-electron chi connectivity index (χ0n) is 12.8. The van der Waals surface area contributed by atoms with Gasteiger partial charge in [-0.1, -0.05) is 48.0 Å². The molecule has 0 heterocycles. The van der Waals surface area contributed by atoms with Crippen LogP contribution in [-0.2, 0) is 0 Å². The molecule has 0 aliphatic heterocycles. The molecule has 1 atom stereocenters. The van der Waals surface area contributed by atoms with Gasteiger partial charge in [-0.3, -0.25) is 0 Å². The van der Waals surface area contributed by atoms with Crippen molar-refractivity contribution < 1.29 is 4.74 Å². The molecule has 0 amide bonds. The van der Waals surface area contributed by atoms with Crippen LogP contribution in [0.4, 0.5) is 0 Å². The fourth-order valence-corrected chi connectivity index (χ4v) is 2.69. The van der Waals surface area contributed by atoms with Gasteiger partial charge in [-0.25, -0.2) is 0 Å². The lowest BCUT2D eigenvalue weighted by Gasteiger charge is -2.15. The summed E-state index contributed by atoms with van der Waals surface area (Å²) in [6, 6.07) is 23.9. The lowest BCUT2D eigenvalue weighted by molar-refractivity contribution is 0.482. The van der Waals surface area contributed by atoms with Crippen LogP contribution in [0.25, 0.3) is 0 Å². The van der Waals surface area contributed by atoms with Gasteiger partial charge in [0.15, 0.2) is 0 Å². The number of benzene rings is 3. The van der Waals surface area contributed by atoms with Crippen molar-refractivity contribution in [3.8, 4) is 17.6 Å². The first-order valence-corrected chi connectivity index (χ1v) is 7.83. The second-order valence-electron chi connectivity index (χ2n) is 5.31. The van der Waals surface area contributed by atoms with Crippen molar-refractivity contribution in [1.82, 2.24) is 0 Å². The van der Waals surface area contributed by atoms with E-state index in [-0.39, 0.29) is 6.04 Å². The van der Waals surface area contributed by atoms with E-state index < -0.39 is 0 Å². The number of hydrogen-bond donors (Lipinski definition) is 1. The maximum Gasteiger partial charge on any atom is 0.128 e. The Hall–Kier alpha value is -2.80. The van der Waals surface area contributed by atoms with Crippen molar-refractivity contribution in [2.75, 3.05) is 0 Å². The molecule has 3 aromatic rings. The number of ether oxygens (including phenoxy) is 1. The van der Waals surface area contributed by atoms with E-state index in [0.29, 0.717) is 22.1 Å². The lowest BCUT2D eigenvalue weighted by atomic mass is 9.99. The summed E-state index contributed by atoms with van der Waals surface area (Å²) >= 11 is 6.38. The maximum absolute atomic E-state index is 8.81. The molecule has 0 fully saturated rings. The van der Waals surface area contributed by atoms with E-state index in [1.54, 1.807) is 30.3 Å². The highest BCUT2D eigenvalue weighted by molar-refractivity contribution is 6.31. The first-order valence-electron chi connectivity index (χ1n) is 7.45. The molecule has 3 nitrogen and oxygen atoms in total. The Morgan fingerprint density at radius 3 is 2.21 bits per heavy atom. The van der Waals surface area contributed by atoms with E-state index in [1.165, 1.54) is 0 Å². The van der Waals surface area contributed by atoms with Crippen molar-refractivity contribution in [3.05, 3.63) is 94.5 Å². The van der Waals surface area contributed by atoms with Gasteiger partial charge in [-0.15, -0.1) is 0 Å². The summed E-state index contributed by atoms with van der Waals surface area (Å²) in [7, 11) is 0. The highest BCUT2D eigenvalue weighted by Gasteiger charge is 2.13. The van der Waals surface area contributed by atoms with Gasteiger partial charge in [0.05, 0.1) is 17.7 Å². The second kappa shape index (κ2) is 7.18. The molecule has 0 bridgehead atoms. The van der Waals surface area contributed by atoms with Crippen LogP contribution >= 0.6 is 11.6 Å². The minimum absolute atomic E-state index is 0.289. The molecular formula is C20H15ClN2O. The molecule has 0 saturated heterocycles. The smallest absolute Gasteiger partial charge is 0.128 e. The number of nitrogens with zero attached hydrogens (tertiary/aromatic N) is 1. The van der Waals surface area contributed by atoms with Crippen LogP contribution in [0.3, 0.4) is 0 Å². The molecule has 0 aromatic heterocycles. The average molecular weight is 335 g/mol. The molecule has 2 N–H and O–H groups in total. The number of halogens is 1. The molecule has 1 unspecified atom stereocenters. The summed E-state index contributed by atoms with van der Waals surface area (Å²) < 4.78 is 5.76. The number of rotatable bonds is 4. The molecule has 3 rings (SSSR count). The van der Waals surface area contributed by atoms with Gasteiger partial charge in [-0.2, -0.15) is 5.26 Å². The van der Waals surface area contributed by atoms with Crippen LogP contribution in [0.5, 0.6) is 11.5 Å². The second-order valence-corrected chi connectivity index (χ2v) is 5.72. The third kappa shape index (κ3) is 3.57. The van der Waals surface area contributed by atoms with E-state index in [1.807, 2.05) is 42.5 Å². The van der Waals surface area contributed by atoms with Crippen molar-refractivity contribution >= 4 is 11.6 Å². The first kappa shape index (κ1) is 16.1. The van der Waals surface area contributed by atoms with Gasteiger partial charge < -0.3 is 10.5 Å². The number of nitrogens with two attached hydrogens (primary N) is 1. The average Bonchev–Trinajstić information content (AvgIpc) is 2.63. The summed E-state index contributed by atoms with van der Waals surface area (Å²) in [5.74, 6) is 1.26. The molecule has 0 aliphatic rings. The van der Waals surface area contributed by atoms with E-state index in [0.717, 1.165) is 11.1 Å². The minimum atomic E-state index is -0.289. The highest BCUT2D eigenvalue weighted by atomic mass is 35.5. The summed E-state index contributed by atoms with van der Waals surface area (Å²) in [6.07, 6.45) is 0. The SMILES string of the molecule is N#Cc1ccc(Oc2ccc(C(N)c3ccccc3)c(Cl)c2)cc1.